The normalized spacial score (nSPS) is 30.8. The molecule has 1 heterocycles. The lowest BCUT2D eigenvalue weighted by molar-refractivity contribution is -0.0816. The molecule has 2 N–H and O–H groups in total. The lowest BCUT2D eigenvalue weighted by Crippen LogP contribution is -2.54. The highest BCUT2D eigenvalue weighted by molar-refractivity contribution is 7.89. The van der Waals surface area contributed by atoms with Crippen LogP contribution < -0.4 is 0 Å². The maximum absolute atomic E-state index is 12.7. The Morgan fingerprint density at radius 1 is 1.24 bits per heavy atom. The Hall–Kier alpha value is -1.11. The van der Waals surface area contributed by atoms with E-state index >= 15 is 0 Å². The van der Waals surface area contributed by atoms with Crippen LogP contribution in [0.1, 0.15) is 32.1 Å². The average molecular weight is 311 g/mol. The molecule has 2 aliphatic rings. The van der Waals surface area contributed by atoms with Crippen LogP contribution in [0.2, 0.25) is 0 Å². The minimum atomic E-state index is -3.60. The quantitative estimate of drug-likeness (QED) is 0.871. The molecular weight excluding hydrogens is 290 g/mol. The highest BCUT2D eigenvalue weighted by atomic mass is 32.2. The number of sulfonamides is 1. The molecule has 1 saturated carbocycles. The summed E-state index contributed by atoms with van der Waals surface area (Å²) in [4.78, 5) is 0.115. The summed E-state index contributed by atoms with van der Waals surface area (Å²) in [6, 6.07) is 5.76. The van der Waals surface area contributed by atoms with Crippen molar-refractivity contribution >= 4 is 10.0 Å². The largest absolute Gasteiger partial charge is 0.508 e. The lowest BCUT2D eigenvalue weighted by Gasteiger charge is -2.46. The molecule has 0 spiro atoms. The molecule has 6 heteroatoms. The standard InChI is InChI=1S/C15H21NO4S/c17-13-5-3-6-14(10-13)21(19,20)16-9-8-15(18)7-2-1-4-12(15)11-16/h3,5-6,10,12,17-18H,1-2,4,7-9,11H2. The molecule has 21 heavy (non-hydrogen) atoms. The Bertz CT molecular complexity index is 630. The second kappa shape index (κ2) is 5.26. The molecule has 1 aliphatic carbocycles. The van der Waals surface area contributed by atoms with Gasteiger partial charge in [0.25, 0.3) is 0 Å². The Morgan fingerprint density at radius 2 is 2.05 bits per heavy atom. The zero-order valence-corrected chi connectivity index (χ0v) is 12.7. The van der Waals surface area contributed by atoms with Gasteiger partial charge in [0, 0.05) is 19.0 Å². The first kappa shape index (κ1) is 14.8. The van der Waals surface area contributed by atoms with Crippen molar-refractivity contribution in [1.29, 1.82) is 0 Å². The minimum absolute atomic E-state index is 0.0204. The van der Waals surface area contributed by atoms with E-state index in [1.807, 2.05) is 0 Å². The Balaban J connectivity index is 1.84. The number of benzene rings is 1. The molecule has 2 atom stereocenters. The van der Waals surface area contributed by atoms with E-state index < -0.39 is 15.6 Å². The van der Waals surface area contributed by atoms with Crippen molar-refractivity contribution in [3.8, 4) is 5.75 Å². The van der Waals surface area contributed by atoms with Gasteiger partial charge in [0.05, 0.1) is 10.5 Å². The smallest absolute Gasteiger partial charge is 0.243 e. The number of rotatable bonds is 2. The summed E-state index contributed by atoms with van der Waals surface area (Å²) in [6.07, 6.45) is 4.22. The van der Waals surface area contributed by atoms with Crippen LogP contribution in [0.3, 0.4) is 0 Å². The van der Waals surface area contributed by atoms with Crippen molar-refractivity contribution in [2.75, 3.05) is 13.1 Å². The van der Waals surface area contributed by atoms with Gasteiger partial charge in [-0.3, -0.25) is 0 Å². The minimum Gasteiger partial charge on any atom is -0.508 e. The molecule has 1 aliphatic heterocycles. The predicted molar refractivity (Wildman–Crippen MR) is 78.4 cm³/mol. The summed E-state index contributed by atoms with van der Waals surface area (Å²) in [5, 5.41) is 20.1. The first-order valence-electron chi connectivity index (χ1n) is 7.43. The predicted octanol–water partition coefficient (Wildman–Crippen LogP) is 1.71. The molecule has 116 valence electrons. The molecule has 3 rings (SSSR count). The van der Waals surface area contributed by atoms with E-state index in [0.29, 0.717) is 19.5 Å². The van der Waals surface area contributed by atoms with Crippen molar-refractivity contribution in [1.82, 2.24) is 4.31 Å². The zero-order chi connectivity index (χ0) is 15.1. The SMILES string of the molecule is O=S(=O)(c1cccc(O)c1)N1CCC2(O)CCCCC2C1. The zero-order valence-electron chi connectivity index (χ0n) is 11.9. The maximum Gasteiger partial charge on any atom is 0.243 e. The lowest BCUT2D eigenvalue weighted by atomic mass is 9.72. The van der Waals surface area contributed by atoms with Crippen molar-refractivity contribution < 1.29 is 18.6 Å². The summed E-state index contributed by atoms with van der Waals surface area (Å²) < 4.78 is 26.8. The fourth-order valence-electron chi connectivity index (χ4n) is 3.55. The number of piperidine rings is 1. The van der Waals surface area contributed by atoms with E-state index in [-0.39, 0.29) is 16.6 Å². The maximum atomic E-state index is 12.7. The number of phenolic OH excluding ortho intramolecular Hbond substituents is 1. The van der Waals surface area contributed by atoms with E-state index in [1.165, 1.54) is 28.6 Å². The fourth-order valence-corrected chi connectivity index (χ4v) is 5.08. The van der Waals surface area contributed by atoms with E-state index in [9.17, 15) is 18.6 Å². The van der Waals surface area contributed by atoms with Gasteiger partial charge in [0.1, 0.15) is 5.75 Å². The van der Waals surface area contributed by atoms with Crippen molar-refractivity contribution in [3.05, 3.63) is 24.3 Å². The van der Waals surface area contributed by atoms with Gasteiger partial charge in [-0.05, 0) is 37.5 Å². The van der Waals surface area contributed by atoms with Crippen LogP contribution in [0.15, 0.2) is 29.2 Å². The van der Waals surface area contributed by atoms with E-state index in [2.05, 4.69) is 0 Å². The molecule has 0 amide bonds. The molecule has 0 radical (unpaired) electrons. The number of aromatic hydroxyl groups is 1. The summed E-state index contributed by atoms with van der Waals surface area (Å²) in [5.74, 6) is -0.0330. The van der Waals surface area contributed by atoms with Gasteiger partial charge < -0.3 is 10.2 Å². The van der Waals surface area contributed by atoms with Crippen molar-refractivity contribution in [2.24, 2.45) is 5.92 Å². The fraction of sp³-hybridized carbons (Fsp3) is 0.600. The van der Waals surface area contributed by atoms with Crippen molar-refractivity contribution in [2.45, 2.75) is 42.6 Å². The third-order valence-corrected chi connectivity index (χ3v) is 6.71. The van der Waals surface area contributed by atoms with E-state index in [1.54, 1.807) is 0 Å². The number of hydrogen-bond donors (Lipinski definition) is 2. The number of fused-ring (bicyclic) bond motifs is 1. The Morgan fingerprint density at radius 3 is 2.81 bits per heavy atom. The molecular formula is C15H21NO4S. The van der Waals surface area contributed by atoms with Gasteiger partial charge in [-0.2, -0.15) is 4.31 Å². The summed E-state index contributed by atoms with van der Waals surface area (Å²) >= 11 is 0. The van der Waals surface area contributed by atoms with Gasteiger partial charge in [-0.25, -0.2) is 8.42 Å². The van der Waals surface area contributed by atoms with Crippen LogP contribution in [0, 0.1) is 5.92 Å². The summed E-state index contributed by atoms with van der Waals surface area (Å²) in [5.41, 5.74) is -0.691. The van der Waals surface area contributed by atoms with Gasteiger partial charge in [-0.15, -0.1) is 0 Å². The van der Waals surface area contributed by atoms with Gasteiger partial charge in [0.2, 0.25) is 10.0 Å². The van der Waals surface area contributed by atoms with Crippen molar-refractivity contribution in [3.63, 3.8) is 0 Å². The Kier molecular flexibility index (Phi) is 3.71. The third-order valence-electron chi connectivity index (χ3n) is 4.85. The first-order valence-corrected chi connectivity index (χ1v) is 8.87. The highest BCUT2D eigenvalue weighted by Crippen LogP contribution is 2.41. The molecule has 1 saturated heterocycles. The first-order chi connectivity index (χ1) is 9.92. The average Bonchev–Trinajstić information content (AvgIpc) is 2.46. The van der Waals surface area contributed by atoms with Crippen LogP contribution in [0.4, 0.5) is 0 Å². The highest BCUT2D eigenvalue weighted by Gasteiger charge is 2.45. The van der Waals surface area contributed by atoms with E-state index in [4.69, 9.17) is 0 Å². The molecule has 1 aromatic rings. The van der Waals surface area contributed by atoms with E-state index in [0.717, 1.165) is 25.7 Å². The number of nitrogens with zero attached hydrogens (tertiary/aromatic N) is 1. The van der Waals surface area contributed by atoms with Gasteiger partial charge in [0.15, 0.2) is 0 Å². The molecule has 0 bridgehead atoms. The topological polar surface area (TPSA) is 77.8 Å². The second-order valence-electron chi connectivity index (χ2n) is 6.16. The number of phenols is 1. The molecule has 0 aromatic heterocycles. The van der Waals surface area contributed by atoms with Crippen LogP contribution in [-0.2, 0) is 10.0 Å². The summed E-state index contributed by atoms with van der Waals surface area (Å²) in [7, 11) is -3.60. The molecule has 1 aromatic carbocycles. The monoisotopic (exact) mass is 311 g/mol. The number of hydrogen-bond acceptors (Lipinski definition) is 4. The van der Waals surface area contributed by atoms with Gasteiger partial charge in [-0.1, -0.05) is 18.9 Å². The van der Waals surface area contributed by atoms with Crippen LogP contribution >= 0.6 is 0 Å². The molecule has 2 fully saturated rings. The van der Waals surface area contributed by atoms with Crippen LogP contribution in [-0.4, -0.2) is 41.6 Å². The number of aliphatic hydroxyl groups is 1. The van der Waals surface area contributed by atoms with Crippen LogP contribution in [0.25, 0.3) is 0 Å². The third kappa shape index (κ3) is 2.67. The van der Waals surface area contributed by atoms with Gasteiger partial charge >= 0.3 is 0 Å². The second-order valence-corrected chi connectivity index (χ2v) is 8.09. The molecule has 5 nitrogen and oxygen atoms in total. The Labute approximate surface area is 125 Å². The summed E-state index contributed by atoms with van der Waals surface area (Å²) in [6.45, 7) is 0.708. The van der Waals surface area contributed by atoms with Crippen LogP contribution in [0.5, 0.6) is 5.75 Å². The molecule has 2 unspecified atom stereocenters.